The van der Waals surface area contributed by atoms with Crippen molar-refractivity contribution in [1.29, 1.82) is 0 Å². The first-order valence-electron chi connectivity index (χ1n) is 8.88. The smallest absolute Gasteiger partial charge is 0.387 e. The second kappa shape index (κ2) is 9.27. The number of ketones is 1. The van der Waals surface area contributed by atoms with Gasteiger partial charge in [0.1, 0.15) is 22.5 Å². The van der Waals surface area contributed by atoms with Crippen molar-refractivity contribution in [2.75, 3.05) is 10.6 Å². The van der Waals surface area contributed by atoms with Crippen LogP contribution in [0.4, 0.5) is 25.4 Å². The molecule has 0 radical (unpaired) electrons. The molecule has 0 saturated carbocycles. The number of primary amides is 1. The van der Waals surface area contributed by atoms with Crippen LogP contribution in [0, 0.1) is 0 Å². The highest BCUT2D eigenvalue weighted by Gasteiger charge is 2.28. The van der Waals surface area contributed by atoms with E-state index < -0.39 is 18.6 Å². The number of hydrogen-bond donors (Lipinski definition) is 2. The Morgan fingerprint density at radius 1 is 1.19 bits per heavy atom. The van der Waals surface area contributed by atoms with Crippen LogP contribution in [-0.4, -0.2) is 29.3 Å². The number of ether oxygens (including phenoxy) is 1. The van der Waals surface area contributed by atoms with Gasteiger partial charge in [0, 0.05) is 11.3 Å². The van der Waals surface area contributed by atoms with Crippen molar-refractivity contribution in [3.63, 3.8) is 0 Å². The zero-order valence-electron chi connectivity index (χ0n) is 16.1. The van der Waals surface area contributed by atoms with Gasteiger partial charge in [0.2, 0.25) is 11.7 Å². The number of aromatic nitrogens is 1. The van der Waals surface area contributed by atoms with Crippen molar-refractivity contribution >= 4 is 51.3 Å². The van der Waals surface area contributed by atoms with Gasteiger partial charge in [-0.1, -0.05) is 53.3 Å². The number of rotatable bonds is 8. The lowest BCUT2D eigenvalue weighted by Gasteiger charge is -2.27. The molecule has 0 spiro atoms. The fourth-order valence-electron chi connectivity index (χ4n) is 2.76. The lowest BCUT2D eigenvalue weighted by molar-refractivity contribution is -0.118. The number of benzene rings is 2. The molecule has 1 heterocycles. The van der Waals surface area contributed by atoms with Gasteiger partial charge >= 0.3 is 6.61 Å². The number of nitrogen functional groups attached to an aromatic ring is 1. The van der Waals surface area contributed by atoms with E-state index in [-0.39, 0.29) is 32.4 Å². The van der Waals surface area contributed by atoms with Crippen molar-refractivity contribution in [3.8, 4) is 5.75 Å². The standard InChI is InChI=1S/C20H17ClF2N4O3S/c1-10(18(25)29)27(12-7-8-14(13(21)9-12)30-19(22)23)20-26-17(24)16(31-20)15(28)11-5-3-2-4-6-11/h2-10,19H,24H2,1H3,(H2,25,29)/t10-/m1/s1. The minimum Gasteiger partial charge on any atom is -0.433 e. The minimum absolute atomic E-state index is 0.0146. The van der Waals surface area contributed by atoms with Gasteiger partial charge < -0.3 is 21.1 Å². The molecule has 1 atom stereocenters. The Hall–Kier alpha value is -3.24. The first-order valence-corrected chi connectivity index (χ1v) is 10.1. The molecule has 0 fully saturated rings. The normalized spacial score (nSPS) is 11.9. The second-order valence-corrected chi connectivity index (χ2v) is 7.73. The highest BCUT2D eigenvalue weighted by molar-refractivity contribution is 7.18. The van der Waals surface area contributed by atoms with Crippen LogP contribution in [0.3, 0.4) is 0 Å². The predicted octanol–water partition coefficient (Wildman–Crippen LogP) is 4.22. The lowest BCUT2D eigenvalue weighted by atomic mass is 10.1. The maximum Gasteiger partial charge on any atom is 0.387 e. The van der Waals surface area contributed by atoms with Gasteiger partial charge in [0.15, 0.2) is 5.13 Å². The van der Waals surface area contributed by atoms with Crippen molar-refractivity contribution < 1.29 is 23.1 Å². The summed E-state index contributed by atoms with van der Waals surface area (Å²) in [4.78, 5) is 30.6. The Kier molecular flexibility index (Phi) is 6.71. The molecule has 1 aromatic heterocycles. The molecule has 0 aliphatic heterocycles. The van der Waals surface area contributed by atoms with Crippen LogP contribution in [0.1, 0.15) is 22.2 Å². The molecule has 4 N–H and O–H groups in total. The Labute approximate surface area is 185 Å². The van der Waals surface area contributed by atoms with Crippen molar-refractivity contribution in [2.24, 2.45) is 5.73 Å². The number of nitrogens with zero attached hydrogens (tertiary/aromatic N) is 2. The quantitative estimate of drug-likeness (QED) is 0.481. The number of thiazole rings is 1. The van der Waals surface area contributed by atoms with E-state index in [0.29, 0.717) is 11.3 Å². The largest absolute Gasteiger partial charge is 0.433 e. The van der Waals surface area contributed by atoms with Crippen molar-refractivity contribution in [3.05, 3.63) is 64.0 Å². The molecule has 0 bridgehead atoms. The number of carbonyl (C=O) groups excluding carboxylic acids is 2. The van der Waals surface area contributed by atoms with E-state index >= 15 is 0 Å². The van der Waals surface area contributed by atoms with Gasteiger partial charge in [-0.15, -0.1) is 0 Å². The Morgan fingerprint density at radius 3 is 2.45 bits per heavy atom. The number of anilines is 3. The molecule has 31 heavy (non-hydrogen) atoms. The number of hydrogen-bond acceptors (Lipinski definition) is 7. The zero-order chi connectivity index (χ0) is 22.7. The Bertz CT molecular complexity index is 1110. The van der Waals surface area contributed by atoms with Crippen LogP contribution < -0.4 is 21.1 Å². The summed E-state index contributed by atoms with van der Waals surface area (Å²) in [5.74, 6) is -1.26. The van der Waals surface area contributed by atoms with E-state index in [1.54, 1.807) is 30.3 Å². The molecule has 1 amide bonds. The fraction of sp³-hybridized carbons (Fsp3) is 0.150. The SMILES string of the molecule is C[C@H](C(N)=O)N(c1ccc(OC(F)F)c(Cl)c1)c1nc(N)c(C(=O)c2ccccc2)s1. The average Bonchev–Trinajstić information content (AvgIpc) is 3.10. The Morgan fingerprint density at radius 2 is 1.87 bits per heavy atom. The molecule has 2 aromatic carbocycles. The molecule has 3 aromatic rings. The van der Waals surface area contributed by atoms with Gasteiger partial charge in [-0.2, -0.15) is 8.78 Å². The van der Waals surface area contributed by atoms with E-state index in [1.807, 2.05) is 0 Å². The molecular formula is C20H17ClF2N4O3S. The molecule has 0 unspecified atom stereocenters. The van der Waals surface area contributed by atoms with Gasteiger partial charge in [0.05, 0.1) is 5.02 Å². The van der Waals surface area contributed by atoms with Crippen LogP contribution in [0.15, 0.2) is 48.5 Å². The van der Waals surface area contributed by atoms with E-state index in [0.717, 1.165) is 11.3 Å². The number of amides is 1. The van der Waals surface area contributed by atoms with Crippen molar-refractivity contribution in [2.45, 2.75) is 19.6 Å². The number of carbonyl (C=O) groups is 2. The molecule has 0 aliphatic carbocycles. The third kappa shape index (κ3) is 4.92. The first kappa shape index (κ1) is 22.4. The number of nitrogens with two attached hydrogens (primary N) is 2. The third-order valence-corrected chi connectivity index (χ3v) is 5.66. The Balaban J connectivity index is 2.04. The van der Waals surface area contributed by atoms with E-state index in [1.165, 1.54) is 30.0 Å². The van der Waals surface area contributed by atoms with Gasteiger partial charge in [-0.05, 0) is 25.1 Å². The minimum atomic E-state index is -3.05. The molecule has 3 rings (SSSR count). The fourth-order valence-corrected chi connectivity index (χ4v) is 4.03. The summed E-state index contributed by atoms with van der Waals surface area (Å²) in [5, 5.41) is 0.103. The predicted molar refractivity (Wildman–Crippen MR) is 115 cm³/mol. The highest BCUT2D eigenvalue weighted by atomic mass is 35.5. The maximum atomic E-state index is 12.8. The topological polar surface area (TPSA) is 112 Å². The summed E-state index contributed by atoms with van der Waals surface area (Å²) < 4.78 is 29.4. The molecule has 7 nitrogen and oxygen atoms in total. The number of alkyl halides is 2. The average molecular weight is 467 g/mol. The molecular weight excluding hydrogens is 450 g/mol. The van der Waals surface area contributed by atoms with E-state index in [2.05, 4.69) is 9.72 Å². The lowest BCUT2D eigenvalue weighted by Crippen LogP contribution is -2.39. The van der Waals surface area contributed by atoms with Gasteiger partial charge in [-0.25, -0.2) is 4.98 Å². The summed E-state index contributed by atoms with van der Waals surface area (Å²) in [7, 11) is 0. The first-order chi connectivity index (χ1) is 14.7. The maximum absolute atomic E-state index is 12.8. The van der Waals surface area contributed by atoms with Crippen LogP contribution in [0.25, 0.3) is 0 Å². The molecule has 162 valence electrons. The van der Waals surface area contributed by atoms with Crippen LogP contribution >= 0.6 is 22.9 Å². The summed E-state index contributed by atoms with van der Waals surface area (Å²) in [5.41, 5.74) is 12.2. The zero-order valence-corrected chi connectivity index (χ0v) is 17.7. The van der Waals surface area contributed by atoms with Crippen molar-refractivity contribution in [1.82, 2.24) is 4.98 Å². The summed E-state index contributed by atoms with van der Waals surface area (Å²) >= 11 is 7.03. The molecule has 0 saturated heterocycles. The van der Waals surface area contributed by atoms with Gasteiger partial charge in [0.25, 0.3) is 0 Å². The van der Waals surface area contributed by atoms with E-state index in [9.17, 15) is 18.4 Å². The van der Waals surface area contributed by atoms with Crippen LogP contribution in [0.5, 0.6) is 5.75 Å². The summed E-state index contributed by atoms with van der Waals surface area (Å²) in [6.07, 6.45) is 0. The van der Waals surface area contributed by atoms with Crippen LogP contribution in [0.2, 0.25) is 5.02 Å². The summed E-state index contributed by atoms with van der Waals surface area (Å²) in [6, 6.07) is 11.6. The number of halogens is 3. The monoisotopic (exact) mass is 466 g/mol. The molecule has 11 heteroatoms. The van der Waals surface area contributed by atoms with Gasteiger partial charge in [-0.3, -0.25) is 9.59 Å². The highest BCUT2D eigenvalue weighted by Crippen LogP contribution is 2.38. The van der Waals surface area contributed by atoms with E-state index in [4.69, 9.17) is 23.1 Å². The second-order valence-electron chi connectivity index (χ2n) is 6.35. The summed E-state index contributed by atoms with van der Waals surface area (Å²) in [6.45, 7) is -1.52. The van der Waals surface area contributed by atoms with Crippen LogP contribution in [-0.2, 0) is 4.79 Å². The molecule has 0 aliphatic rings. The third-order valence-electron chi connectivity index (χ3n) is 4.30.